The van der Waals surface area contributed by atoms with Crippen molar-refractivity contribution in [1.82, 2.24) is 4.31 Å². The Labute approximate surface area is 185 Å². The molecule has 6 nitrogen and oxygen atoms in total. The van der Waals surface area contributed by atoms with Crippen LogP contribution in [0.2, 0.25) is 0 Å². The number of benzene rings is 2. The number of hydrogen-bond donors (Lipinski definition) is 1. The summed E-state index contributed by atoms with van der Waals surface area (Å²) in [4.78, 5) is 15.1. The van der Waals surface area contributed by atoms with E-state index in [2.05, 4.69) is 22.3 Å². The van der Waals surface area contributed by atoms with Crippen molar-refractivity contribution in [3.8, 4) is 0 Å². The predicted octanol–water partition coefficient (Wildman–Crippen LogP) is 3.78. The zero-order chi connectivity index (χ0) is 21.8. The van der Waals surface area contributed by atoms with Gasteiger partial charge in [0.25, 0.3) is 0 Å². The van der Waals surface area contributed by atoms with E-state index in [9.17, 15) is 13.2 Å². The number of sulfonamides is 1. The van der Waals surface area contributed by atoms with Gasteiger partial charge in [0, 0.05) is 43.5 Å². The van der Waals surface area contributed by atoms with E-state index < -0.39 is 10.0 Å². The second-order valence-electron chi connectivity index (χ2n) is 8.59. The molecule has 166 valence electrons. The van der Waals surface area contributed by atoms with Gasteiger partial charge in [-0.05, 0) is 68.0 Å². The van der Waals surface area contributed by atoms with Crippen LogP contribution in [0.4, 0.5) is 11.4 Å². The first-order chi connectivity index (χ1) is 14.9. The van der Waals surface area contributed by atoms with Crippen LogP contribution in [0.1, 0.15) is 36.8 Å². The number of carbonyl (C=O) groups excluding carboxylic acids is 1. The standard InChI is InChI=1S/C24H31N3O3S/c1-19-6-2-3-7-21(19)18-31(29,30)27-16-12-20(13-17-27)24(28)25-22-8-10-23(11-9-22)26-14-4-5-15-26/h2-3,6-11,20H,4-5,12-18H2,1H3,(H,25,28). The quantitative estimate of drug-likeness (QED) is 0.741. The Hall–Kier alpha value is -2.38. The molecule has 0 aromatic heterocycles. The molecule has 2 aromatic carbocycles. The molecule has 0 atom stereocenters. The lowest BCUT2D eigenvalue weighted by Gasteiger charge is -2.30. The fraction of sp³-hybridized carbons (Fsp3) is 0.458. The van der Waals surface area contributed by atoms with Crippen molar-refractivity contribution < 1.29 is 13.2 Å². The third-order valence-corrected chi connectivity index (χ3v) is 8.25. The first-order valence-corrected chi connectivity index (χ1v) is 12.7. The molecule has 2 aliphatic heterocycles. The Bertz CT molecular complexity index is 1010. The second kappa shape index (κ2) is 9.40. The zero-order valence-corrected chi connectivity index (χ0v) is 18.9. The van der Waals surface area contributed by atoms with E-state index in [4.69, 9.17) is 0 Å². The van der Waals surface area contributed by atoms with E-state index in [0.717, 1.165) is 29.9 Å². The molecule has 2 aromatic rings. The molecular weight excluding hydrogens is 410 g/mol. The number of aryl methyl sites for hydroxylation is 1. The molecule has 2 heterocycles. The Morgan fingerprint density at radius 1 is 0.968 bits per heavy atom. The number of carbonyl (C=O) groups is 1. The molecular formula is C24H31N3O3S. The molecule has 0 radical (unpaired) electrons. The summed E-state index contributed by atoms with van der Waals surface area (Å²) in [5.41, 5.74) is 3.81. The van der Waals surface area contributed by atoms with Crippen molar-refractivity contribution in [3.63, 3.8) is 0 Å². The summed E-state index contributed by atoms with van der Waals surface area (Å²) in [5.74, 6) is -0.173. The van der Waals surface area contributed by atoms with E-state index in [1.165, 1.54) is 22.8 Å². The molecule has 0 saturated carbocycles. The fourth-order valence-electron chi connectivity index (χ4n) is 4.43. The van der Waals surface area contributed by atoms with Crippen LogP contribution in [0.5, 0.6) is 0 Å². The first kappa shape index (κ1) is 21.8. The molecule has 7 heteroatoms. The van der Waals surface area contributed by atoms with Gasteiger partial charge in [-0.2, -0.15) is 0 Å². The highest BCUT2D eigenvalue weighted by molar-refractivity contribution is 7.88. The maximum Gasteiger partial charge on any atom is 0.227 e. The molecule has 0 unspecified atom stereocenters. The molecule has 1 amide bonds. The summed E-state index contributed by atoms with van der Waals surface area (Å²) in [6.45, 7) is 4.90. The van der Waals surface area contributed by atoms with Crippen molar-refractivity contribution in [3.05, 3.63) is 59.7 Å². The molecule has 0 aliphatic carbocycles. The zero-order valence-electron chi connectivity index (χ0n) is 18.1. The van der Waals surface area contributed by atoms with E-state index in [0.29, 0.717) is 25.9 Å². The number of anilines is 2. The lowest BCUT2D eigenvalue weighted by molar-refractivity contribution is -0.120. The summed E-state index contributed by atoms with van der Waals surface area (Å²) < 4.78 is 27.2. The molecule has 31 heavy (non-hydrogen) atoms. The molecule has 2 saturated heterocycles. The summed E-state index contributed by atoms with van der Waals surface area (Å²) in [6, 6.07) is 15.6. The molecule has 0 bridgehead atoms. The number of nitrogens with zero attached hydrogens (tertiary/aromatic N) is 2. The number of hydrogen-bond acceptors (Lipinski definition) is 4. The van der Waals surface area contributed by atoms with E-state index >= 15 is 0 Å². The summed E-state index contributed by atoms with van der Waals surface area (Å²) in [6.07, 6.45) is 3.56. The van der Waals surface area contributed by atoms with E-state index in [1.807, 2.05) is 43.3 Å². The number of amides is 1. The smallest absolute Gasteiger partial charge is 0.227 e. The normalized spacial score (nSPS) is 18.3. The number of rotatable bonds is 6. The van der Waals surface area contributed by atoms with Crippen LogP contribution >= 0.6 is 0 Å². The molecule has 2 fully saturated rings. The van der Waals surface area contributed by atoms with Gasteiger partial charge in [0.05, 0.1) is 5.75 Å². The highest BCUT2D eigenvalue weighted by Crippen LogP contribution is 2.25. The van der Waals surface area contributed by atoms with Gasteiger partial charge < -0.3 is 10.2 Å². The highest BCUT2D eigenvalue weighted by atomic mass is 32.2. The Kier molecular flexibility index (Phi) is 6.62. The third-order valence-electron chi connectivity index (χ3n) is 6.42. The van der Waals surface area contributed by atoms with Crippen molar-refractivity contribution in [2.45, 2.75) is 38.4 Å². The minimum Gasteiger partial charge on any atom is -0.372 e. The minimum atomic E-state index is -3.38. The van der Waals surface area contributed by atoms with Gasteiger partial charge >= 0.3 is 0 Å². The van der Waals surface area contributed by atoms with Gasteiger partial charge in [-0.15, -0.1) is 0 Å². The Morgan fingerprint density at radius 2 is 1.61 bits per heavy atom. The predicted molar refractivity (Wildman–Crippen MR) is 125 cm³/mol. The van der Waals surface area contributed by atoms with Gasteiger partial charge in [0.15, 0.2) is 0 Å². The van der Waals surface area contributed by atoms with E-state index in [-0.39, 0.29) is 17.6 Å². The topological polar surface area (TPSA) is 69.7 Å². The average Bonchev–Trinajstić information content (AvgIpc) is 3.31. The number of nitrogens with one attached hydrogen (secondary N) is 1. The van der Waals surface area contributed by atoms with Gasteiger partial charge in [-0.1, -0.05) is 24.3 Å². The van der Waals surface area contributed by atoms with Gasteiger partial charge in [0.1, 0.15) is 0 Å². The van der Waals surface area contributed by atoms with Crippen LogP contribution in [-0.2, 0) is 20.6 Å². The van der Waals surface area contributed by atoms with E-state index in [1.54, 1.807) is 0 Å². The van der Waals surface area contributed by atoms with Crippen LogP contribution in [0.25, 0.3) is 0 Å². The lowest BCUT2D eigenvalue weighted by Crippen LogP contribution is -2.41. The molecule has 1 N–H and O–H groups in total. The van der Waals surface area contributed by atoms with Crippen molar-refractivity contribution >= 4 is 27.3 Å². The first-order valence-electron chi connectivity index (χ1n) is 11.1. The van der Waals surface area contributed by atoms with Gasteiger partial charge in [-0.3, -0.25) is 4.79 Å². The van der Waals surface area contributed by atoms with Crippen molar-refractivity contribution in [2.24, 2.45) is 5.92 Å². The van der Waals surface area contributed by atoms with Crippen LogP contribution in [-0.4, -0.2) is 44.8 Å². The Balaban J connectivity index is 1.30. The summed E-state index contributed by atoms with van der Waals surface area (Å²) in [7, 11) is -3.38. The third kappa shape index (κ3) is 5.28. The summed E-state index contributed by atoms with van der Waals surface area (Å²) in [5, 5.41) is 3.00. The molecule has 2 aliphatic rings. The van der Waals surface area contributed by atoms with Crippen LogP contribution < -0.4 is 10.2 Å². The average molecular weight is 442 g/mol. The fourth-order valence-corrected chi connectivity index (χ4v) is 6.10. The SMILES string of the molecule is Cc1ccccc1CS(=O)(=O)N1CCC(C(=O)Nc2ccc(N3CCCC3)cc2)CC1. The van der Waals surface area contributed by atoms with Crippen molar-refractivity contribution in [2.75, 3.05) is 36.4 Å². The second-order valence-corrected chi connectivity index (χ2v) is 10.6. The van der Waals surface area contributed by atoms with Gasteiger partial charge in [0.2, 0.25) is 15.9 Å². The largest absolute Gasteiger partial charge is 0.372 e. The monoisotopic (exact) mass is 441 g/mol. The molecule has 0 spiro atoms. The van der Waals surface area contributed by atoms with Crippen LogP contribution in [0.15, 0.2) is 48.5 Å². The lowest BCUT2D eigenvalue weighted by atomic mass is 9.97. The Morgan fingerprint density at radius 3 is 2.26 bits per heavy atom. The van der Waals surface area contributed by atoms with Crippen molar-refractivity contribution in [1.29, 1.82) is 0 Å². The van der Waals surface area contributed by atoms with Gasteiger partial charge in [-0.25, -0.2) is 12.7 Å². The minimum absolute atomic E-state index is 0.0138. The maximum atomic E-state index is 12.8. The highest BCUT2D eigenvalue weighted by Gasteiger charge is 2.31. The summed E-state index contributed by atoms with van der Waals surface area (Å²) >= 11 is 0. The van der Waals surface area contributed by atoms with Crippen LogP contribution in [0, 0.1) is 12.8 Å². The maximum absolute atomic E-state index is 12.8. The van der Waals surface area contributed by atoms with Crippen LogP contribution in [0.3, 0.4) is 0 Å². The number of piperidine rings is 1. The molecule has 4 rings (SSSR count).